The van der Waals surface area contributed by atoms with Gasteiger partial charge in [0.2, 0.25) is 0 Å². The third-order valence-corrected chi connectivity index (χ3v) is 3.94. The third-order valence-electron chi connectivity index (χ3n) is 2.73. The molecule has 0 aliphatic carbocycles. The molecule has 0 bridgehead atoms. The molecule has 0 heterocycles. The van der Waals surface area contributed by atoms with Crippen LogP contribution in [0.25, 0.3) is 0 Å². The van der Waals surface area contributed by atoms with E-state index in [1.165, 1.54) is 0 Å². The van der Waals surface area contributed by atoms with Gasteiger partial charge in [-0.05, 0) is 42.8 Å². The summed E-state index contributed by atoms with van der Waals surface area (Å²) in [5, 5.41) is 4.57. The molecule has 0 fully saturated rings. The van der Waals surface area contributed by atoms with Crippen LogP contribution in [0.15, 0.2) is 40.9 Å². The maximum Gasteiger partial charge on any atom is 0.120 e. The first-order valence-corrected chi connectivity index (χ1v) is 7.69. The van der Waals surface area contributed by atoms with Crippen LogP contribution in [0.4, 0.5) is 5.69 Å². The zero-order valence-corrected chi connectivity index (χ0v) is 14.0. The van der Waals surface area contributed by atoms with Crippen molar-refractivity contribution in [1.29, 1.82) is 0 Å². The maximum atomic E-state index is 6.15. The first-order chi connectivity index (χ1) is 9.56. The van der Waals surface area contributed by atoms with E-state index in [2.05, 4.69) is 21.2 Å². The van der Waals surface area contributed by atoms with Crippen molar-refractivity contribution in [1.82, 2.24) is 0 Å². The lowest BCUT2D eigenvalue weighted by atomic mass is 10.2. The lowest BCUT2D eigenvalue weighted by Gasteiger charge is -2.11. The van der Waals surface area contributed by atoms with E-state index in [0.717, 1.165) is 21.5 Å². The van der Waals surface area contributed by atoms with Crippen molar-refractivity contribution in [2.75, 3.05) is 18.5 Å². The molecule has 0 aliphatic rings. The Bertz CT molecular complexity index is 604. The van der Waals surface area contributed by atoms with Crippen molar-refractivity contribution < 1.29 is 4.74 Å². The van der Waals surface area contributed by atoms with E-state index in [9.17, 15) is 0 Å². The molecule has 0 spiro atoms. The van der Waals surface area contributed by atoms with Crippen LogP contribution in [-0.2, 0) is 0 Å². The predicted octanol–water partition coefficient (Wildman–Crippen LogP) is 5.56. The number of hydrogen-bond donors (Lipinski definition) is 1. The SMILES string of the molecule is Cc1cc(Cl)c(NCCOc2cccc(Br)c2)cc1Cl. The first kappa shape index (κ1) is 15.5. The minimum Gasteiger partial charge on any atom is -0.492 e. The molecule has 20 heavy (non-hydrogen) atoms. The average molecular weight is 375 g/mol. The van der Waals surface area contributed by atoms with Crippen LogP contribution < -0.4 is 10.1 Å². The Labute approximate surface area is 137 Å². The highest BCUT2D eigenvalue weighted by Gasteiger charge is 2.04. The Morgan fingerprint density at radius 1 is 1.15 bits per heavy atom. The van der Waals surface area contributed by atoms with Crippen molar-refractivity contribution in [3.8, 4) is 5.75 Å². The van der Waals surface area contributed by atoms with Gasteiger partial charge in [0, 0.05) is 16.0 Å². The zero-order valence-electron chi connectivity index (χ0n) is 10.9. The Morgan fingerprint density at radius 2 is 1.95 bits per heavy atom. The molecule has 0 saturated heterocycles. The molecule has 0 unspecified atom stereocenters. The first-order valence-electron chi connectivity index (χ1n) is 6.14. The molecule has 1 N–H and O–H groups in total. The summed E-state index contributed by atoms with van der Waals surface area (Å²) in [4.78, 5) is 0. The van der Waals surface area contributed by atoms with Gasteiger partial charge in [-0.25, -0.2) is 0 Å². The van der Waals surface area contributed by atoms with Gasteiger partial charge in [-0.2, -0.15) is 0 Å². The molecule has 2 nitrogen and oxygen atoms in total. The van der Waals surface area contributed by atoms with E-state index < -0.39 is 0 Å². The Kier molecular flexibility index (Phi) is 5.58. The highest BCUT2D eigenvalue weighted by atomic mass is 79.9. The largest absolute Gasteiger partial charge is 0.492 e. The van der Waals surface area contributed by atoms with Gasteiger partial charge in [-0.15, -0.1) is 0 Å². The normalized spacial score (nSPS) is 10.4. The predicted molar refractivity (Wildman–Crippen MR) is 89.3 cm³/mol. The molecular formula is C15H14BrCl2NO. The number of nitrogens with one attached hydrogen (secondary N) is 1. The number of halogens is 3. The molecule has 0 aliphatic heterocycles. The van der Waals surface area contributed by atoms with Crippen molar-refractivity contribution >= 4 is 44.8 Å². The number of aryl methyl sites for hydroxylation is 1. The Balaban J connectivity index is 1.86. The summed E-state index contributed by atoms with van der Waals surface area (Å²) in [6, 6.07) is 11.4. The molecule has 2 aromatic rings. The van der Waals surface area contributed by atoms with Gasteiger partial charge in [0.1, 0.15) is 12.4 Å². The van der Waals surface area contributed by atoms with E-state index in [-0.39, 0.29) is 0 Å². The lowest BCUT2D eigenvalue weighted by Crippen LogP contribution is -2.11. The second kappa shape index (κ2) is 7.21. The van der Waals surface area contributed by atoms with E-state index in [0.29, 0.717) is 23.2 Å². The fraction of sp³-hybridized carbons (Fsp3) is 0.200. The number of benzene rings is 2. The molecule has 0 radical (unpaired) electrons. The third kappa shape index (κ3) is 4.30. The fourth-order valence-electron chi connectivity index (χ4n) is 1.69. The molecular weight excluding hydrogens is 361 g/mol. The standard InChI is InChI=1S/C15H14BrCl2NO/c1-10-7-14(18)15(9-13(10)17)19-5-6-20-12-4-2-3-11(16)8-12/h2-4,7-9,19H,5-6H2,1H3. The second-order valence-electron chi connectivity index (χ2n) is 4.31. The van der Waals surface area contributed by atoms with Crippen LogP contribution in [0.5, 0.6) is 5.75 Å². The number of anilines is 1. The summed E-state index contributed by atoms with van der Waals surface area (Å²) in [6.45, 7) is 3.11. The fourth-order valence-corrected chi connectivity index (χ4v) is 2.52. The van der Waals surface area contributed by atoms with Crippen LogP contribution >= 0.6 is 39.1 Å². The molecule has 2 aromatic carbocycles. The minimum absolute atomic E-state index is 0.540. The topological polar surface area (TPSA) is 21.3 Å². The monoisotopic (exact) mass is 373 g/mol. The molecule has 106 valence electrons. The zero-order chi connectivity index (χ0) is 14.5. The van der Waals surface area contributed by atoms with Gasteiger partial charge in [0.15, 0.2) is 0 Å². The van der Waals surface area contributed by atoms with Crippen LogP contribution in [0.3, 0.4) is 0 Å². The van der Waals surface area contributed by atoms with Gasteiger partial charge >= 0.3 is 0 Å². The molecule has 0 saturated carbocycles. The molecule has 5 heteroatoms. The highest BCUT2D eigenvalue weighted by Crippen LogP contribution is 2.28. The van der Waals surface area contributed by atoms with E-state index in [1.807, 2.05) is 43.3 Å². The number of hydrogen-bond acceptors (Lipinski definition) is 2. The minimum atomic E-state index is 0.540. The summed E-state index contributed by atoms with van der Waals surface area (Å²) < 4.78 is 6.63. The lowest BCUT2D eigenvalue weighted by molar-refractivity contribution is 0.332. The number of ether oxygens (including phenoxy) is 1. The highest BCUT2D eigenvalue weighted by molar-refractivity contribution is 9.10. The van der Waals surface area contributed by atoms with Gasteiger partial charge in [-0.3, -0.25) is 0 Å². The van der Waals surface area contributed by atoms with Gasteiger partial charge in [0.05, 0.1) is 10.7 Å². The Hall–Kier alpha value is -0.900. The molecule has 0 atom stereocenters. The molecule has 0 amide bonds. The van der Waals surface area contributed by atoms with Gasteiger partial charge < -0.3 is 10.1 Å². The summed E-state index contributed by atoms with van der Waals surface area (Å²) in [6.07, 6.45) is 0. The summed E-state index contributed by atoms with van der Waals surface area (Å²) >= 11 is 15.6. The Morgan fingerprint density at radius 3 is 2.70 bits per heavy atom. The van der Waals surface area contributed by atoms with E-state index in [1.54, 1.807) is 0 Å². The van der Waals surface area contributed by atoms with Gasteiger partial charge in [-0.1, -0.05) is 45.2 Å². The van der Waals surface area contributed by atoms with Crippen molar-refractivity contribution in [2.24, 2.45) is 0 Å². The van der Waals surface area contributed by atoms with E-state index >= 15 is 0 Å². The maximum absolute atomic E-state index is 6.15. The smallest absolute Gasteiger partial charge is 0.120 e. The molecule has 0 aromatic heterocycles. The average Bonchev–Trinajstić information content (AvgIpc) is 2.40. The summed E-state index contributed by atoms with van der Waals surface area (Å²) in [5.74, 6) is 0.828. The summed E-state index contributed by atoms with van der Waals surface area (Å²) in [5.41, 5.74) is 1.78. The van der Waals surface area contributed by atoms with Crippen molar-refractivity contribution in [3.05, 3.63) is 56.5 Å². The van der Waals surface area contributed by atoms with Crippen LogP contribution in [0.2, 0.25) is 10.0 Å². The number of rotatable bonds is 5. The van der Waals surface area contributed by atoms with Gasteiger partial charge in [0.25, 0.3) is 0 Å². The van der Waals surface area contributed by atoms with E-state index in [4.69, 9.17) is 27.9 Å². The van der Waals surface area contributed by atoms with Crippen LogP contribution in [0.1, 0.15) is 5.56 Å². The quantitative estimate of drug-likeness (QED) is 0.692. The second-order valence-corrected chi connectivity index (χ2v) is 6.04. The van der Waals surface area contributed by atoms with Crippen molar-refractivity contribution in [3.63, 3.8) is 0 Å². The van der Waals surface area contributed by atoms with Crippen LogP contribution in [-0.4, -0.2) is 13.2 Å². The summed E-state index contributed by atoms with van der Waals surface area (Å²) in [7, 11) is 0. The molecule has 2 rings (SSSR count). The van der Waals surface area contributed by atoms with Crippen LogP contribution in [0, 0.1) is 6.92 Å². The van der Waals surface area contributed by atoms with Crippen molar-refractivity contribution in [2.45, 2.75) is 6.92 Å².